The molecule has 0 fully saturated rings. The predicted octanol–water partition coefficient (Wildman–Crippen LogP) is 0.997. The van der Waals surface area contributed by atoms with Gasteiger partial charge in [-0.2, -0.15) is 0 Å². The molecule has 23 heavy (non-hydrogen) atoms. The van der Waals surface area contributed by atoms with Crippen LogP contribution in [0.4, 0.5) is 0 Å². The molecule has 0 aliphatic rings. The van der Waals surface area contributed by atoms with Gasteiger partial charge in [-0.3, -0.25) is 14.2 Å². The molecule has 0 radical (unpaired) electrons. The molecular weight excluding hydrogens is 294 g/mol. The number of amides is 1. The summed E-state index contributed by atoms with van der Waals surface area (Å²) in [6, 6.07) is 3.69. The van der Waals surface area contributed by atoms with Gasteiger partial charge in [0.25, 0.3) is 5.91 Å². The number of carbonyl (C=O) groups is 1. The quantitative estimate of drug-likeness (QED) is 0.606. The zero-order valence-electron chi connectivity index (χ0n) is 11.9. The number of rotatable bonds is 3. The lowest BCUT2D eigenvalue weighted by Gasteiger charge is -2.07. The number of carbonyl (C=O) groups excluding carboxylic acids is 1. The third-order valence-corrected chi connectivity index (χ3v) is 3.36. The van der Waals surface area contributed by atoms with Crippen molar-refractivity contribution in [2.75, 3.05) is 0 Å². The fraction of sp³-hybridized carbons (Fsp3) is 0.0667. The van der Waals surface area contributed by atoms with Crippen LogP contribution in [-0.2, 0) is 6.54 Å². The topological polar surface area (TPSA) is 98.0 Å². The van der Waals surface area contributed by atoms with Gasteiger partial charge in [0, 0.05) is 31.0 Å². The molecule has 0 unspecified atom stereocenters. The number of hydrogen-bond donors (Lipinski definition) is 1. The molecule has 0 aliphatic carbocycles. The smallest absolute Gasteiger partial charge is 0.271 e. The van der Waals surface area contributed by atoms with Gasteiger partial charge in [0.15, 0.2) is 11.3 Å². The van der Waals surface area contributed by atoms with Crippen molar-refractivity contribution < 1.29 is 4.79 Å². The maximum Gasteiger partial charge on any atom is 0.271 e. The van der Waals surface area contributed by atoms with Gasteiger partial charge in [0.1, 0.15) is 16.9 Å². The Bertz CT molecular complexity index is 996. The van der Waals surface area contributed by atoms with Crippen LogP contribution >= 0.6 is 0 Å². The van der Waals surface area contributed by atoms with E-state index >= 15 is 0 Å². The number of hydrogen-bond acceptors (Lipinski definition) is 6. The zero-order chi connectivity index (χ0) is 15.6. The van der Waals surface area contributed by atoms with E-state index in [0.29, 0.717) is 11.3 Å². The Balaban J connectivity index is 1.68. The molecule has 0 aliphatic heterocycles. The standard InChI is InChI=1S/C15H11N7O/c23-15(12-8-16-4-5-17-12)20-9-11-14-19-6-7-22(14)13-10(21-11)2-1-3-18-13/h1-8H,9H2,(H,20,23). The second-order valence-electron chi connectivity index (χ2n) is 4.80. The summed E-state index contributed by atoms with van der Waals surface area (Å²) < 4.78 is 1.85. The Hall–Kier alpha value is -3.42. The average Bonchev–Trinajstić information content (AvgIpc) is 3.10. The first kappa shape index (κ1) is 13.3. The van der Waals surface area contributed by atoms with Crippen molar-refractivity contribution in [1.82, 2.24) is 34.6 Å². The lowest BCUT2D eigenvalue weighted by molar-refractivity contribution is 0.0945. The van der Waals surface area contributed by atoms with Crippen molar-refractivity contribution in [1.29, 1.82) is 0 Å². The molecule has 8 heteroatoms. The molecule has 0 saturated carbocycles. The summed E-state index contributed by atoms with van der Waals surface area (Å²) in [5, 5.41) is 2.78. The van der Waals surface area contributed by atoms with Crippen LogP contribution in [0.3, 0.4) is 0 Å². The molecule has 0 atom stereocenters. The fourth-order valence-corrected chi connectivity index (χ4v) is 2.33. The van der Waals surface area contributed by atoms with Crippen molar-refractivity contribution in [3.8, 4) is 0 Å². The van der Waals surface area contributed by atoms with Gasteiger partial charge in [-0.25, -0.2) is 19.9 Å². The molecule has 112 valence electrons. The van der Waals surface area contributed by atoms with Gasteiger partial charge in [-0.15, -0.1) is 0 Å². The molecule has 4 aromatic heterocycles. The molecule has 0 spiro atoms. The Labute approximate surface area is 130 Å². The third-order valence-electron chi connectivity index (χ3n) is 3.36. The molecule has 4 heterocycles. The maximum absolute atomic E-state index is 12.1. The number of nitrogens with zero attached hydrogens (tertiary/aromatic N) is 6. The summed E-state index contributed by atoms with van der Waals surface area (Å²) in [5.74, 6) is -0.309. The van der Waals surface area contributed by atoms with Crippen LogP contribution in [0.5, 0.6) is 0 Å². The number of nitrogens with one attached hydrogen (secondary N) is 1. The van der Waals surface area contributed by atoms with Crippen LogP contribution in [0, 0.1) is 0 Å². The van der Waals surface area contributed by atoms with E-state index in [0.717, 1.165) is 11.2 Å². The summed E-state index contributed by atoms with van der Waals surface area (Å²) in [4.78, 5) is 33.1. The second kappa shape index (κ2) is 5.41. The summed E-state index contributed by atoms with van der Waals surface area (Å²) in [6.07, 6.45) is 9.61. The lowest BCUT2D eigenvalue weighted by Crippen LogP contribution is -2.24. The molecule has 0 aromatic carbocycles. The van der Waals surface area contributed by atoms with Crippen LogP contribution in [-0.4, -0.2) is 35.2 Å². The van der Waals surface area contributed by atoms with Crippen molar-refractivity contribution >= 4 is 22.7 Å². The molecular formula is C15H11N7O. The number of fused-ring (bicyclic) bond motifs is 3. The van der Waals surface area contributed by atoms with Crippen LogP contribution in [0.15, 0.2) is 49.3 Å². The van der Waals surface area contributed by atoms with Crippen LogP contribution in [0.25, 0.3) is 16.8 Å². The first-order valence-electron chi connectivity index (χ1n) is 6.94. The van der Waals surface area contributed by atoms with Gasteiger partial charge in [0.2, 0.25) is 0 Å². The first-order chi connectivity index (χ1) is 11.3. The summed E-state index contributed by atoms with van der Waals surface area (Å²) in [6.45, 7) is 0.237. The normalized spacial score (nSPS) is 11.0. The molecule has 4 rings (SSSR count). The molecule has 1 amide bonds. The Morgan fingerprint density at radius 3 is 2.87 bits per heavy atom. The Morgan fingerprint density at radius 1 is 1.09 bits per heavy atom. The molecule has 8 nitrogen and oxygen atoms in total. The van der Waals surface area contributed by atoms with Crippen molar-refractivity contribution in [3.63, 3.8) is 0 Å². The number of pyridine rings is 1. The number of imidazole rings is 1. The van der Waals surface area contributed by atoms with Crippen LogP contribution in [0.2, 0.25) is 0 Å². The van der Waals surface area contributed by atoms with E-state index in [1.807, 2.05) is 22.7 Å². The predicted molar refractivity (Wildman–Crippen MR) is 81.5 cm³/mol. The van der Waals surface area contributed by atoms with Gasteiger partial charge >= 0.3 is 0 Å². The Morgan fingerprint density at radius 2 is 2.00 bits per heavy atom. The molecule has 1 N–H and O–H groups in total. The van der Waals surface area contributed by atoms with Crippen molar-refractivity contribution in [2.24, 2.45) is 0 Å². The van der Waals surface area contributed by atoms with E-state index in [1.54, 1.807) is 12.4 Å². The third kappa shape index (κ3) is 2.35. The van der Waals surface area contributed by atoms with Gasteiger partial charge < -0.3 is 5.32 Å². The highest BCUT2D eigenvalue weighted by Crippen LogP contribution is 2.14. The zero-order valence-corrected chi connectivity index (χ0v) is 11.9. The van der Waals surface area contributed by atoms with E-state index in [1.165, 1.54) is 18.6 Å². The molecule has 0 saturated heterocycles. The van der Waals surface area contributed by atoms with E-state index in [-0.39, 0.29) is 18.1 Å². The summed E-state index contributed by atoms with van der Waals surface area (Å²) in [7, 11) is 0. The van der Waals surface area contributed by atoms with E-state index in [9.17, 15) is 4.79 Å². The van der Waals surface area contributed by atoms with Gasteiger partial charge in [-0.05, 0) is 12.1 Å². The fourth-order valence-electron chi connectivity index (χ4n) is 2.33. The van der Waals surface area contributed by atoms with Crippen LogP contribution in [0.1, 0.15) is 16.2 Å². The highest BCUT2D eigenvalue weighted by atomic mass is 16.1. The van der Waals surface area contributed by atoms with E-state index < -0.39 is 0 Å². The minimum atomic E-state index is -0.309. The second-order valence-corrected chi connectivity index (χ2v) is 4.80. The molecule has 0 bridgehead atoms. The SMILES string of the molecule is O=C(NCc1nc2cccnc2n2ccnc12)c1cnccn1. The minimum absolute atomic E-state index is 0.237. The van der Waals surface area contributed by atoms with Crippen LogP contribution < -0.4 is 5.32 Å². The first-order valence-corrected chi connectivity index (χ1v) is 6.94. The highest BCUT2D eigenvalue weighted by molar-refractivity contribution is 5.91. The lowest BCUT2D eigenvalue weighted by atomic mass is 10.3. The average molecular weight is 305 g/mol. The summed E-state index contributed by atoms with van der Waals surface area (Å²) >= 11 is 0. The van der Waals surface area contributed by atoms with E-state index in [4.69, 9.17) is 0 Å². The Kier molecular flexibility index (Phi) is 3.12. The van der Waals surface area contributed by atoms with Gasteiger partial charge in [0.05, 0.1) is 12.7 Å². The maximum atomic E-state index is 12.1. The van der Waals surface area contributed by atoms with Crippen molar-refractivity contribution in [2.45, 2.75) is 6.54 Å². The van der Waals surface area contributed by atoms with Crippen molar-refractivity contribution in [3.05, 3.63) is 60.7 Å². The molecule has 4 aromatic rings. The summed E-state index contributed by atoms with van der Waals surface area (Å²) in [5.41, 5.74) is 3.04. The van der Waals surface area contributed by atoms with Gasteiger partial charge in [-0.1, -0.05) is 0 Å². The largest absolute Gasteiger partial charge is 0.345 e. The highest BCUT2D eigenvalue weighted by Gasteiger charge is 2.12. The number of aromatic nitrogens is 6. The minimum Gasteiger partial charge on any atom is -0.345 e. The van der Waals surface area contributed by atoms with E-state index in [2.05, 4.69) is 30.2 Å². The monoisotopic (exact) mass is 305 g/mol.